The summed E-state index contributed by atoms with van der Waals surface area (Å²) < 4.78 is 121. The highest BCUT2D eigenvalue weighted by Gasteiger charge is 2.60. The predicted molar refractivity (Wildman–Crippen MR) is 88.7 cm³/mol. The molecule has 1 aliphatic heterocycles. The Hall–Kier alpha value is -2.73. The lowest BCUT2D eigenvalue weighted by Gasteiger charge is -2.29. The van der Waals surface area contributed by atoms with Crippen LogP contribution in [0, 0.1) is 0 Å². The molecular formula is C19H12F9NO2. The van der Waals surface area contributed by atoms with Gasteiger partial charge in [-0.25, -0.2) is 0 Å². The van der Waals surface area contributed by atoms with Gasteiger partial charge in [-0.15, -0.1) is 0 Å². The van der Waals surface area contributed by atoms with Crippen LogP contribution in [0.1, 0.15) is 27.8 Å². The fraction of sp³-hybridized carbons (Fsp3) is 0.263. The fourth-order valence-electron chi connectivity index (χ4n) is 2.94. The Morgan fingerprint density at radius 3 is 1.74 bits per heavy atom. The molecule has 0 spiro atoms. The standard InChI is InChI=1S/C19H12F9NO2/c20-17(21,22)13-5-12(6-14(7-13)18(23,24)25)16(19(26,27)28)8-15(29-31-16)11-3-1-10(9-30)2-4-11/h1-8,29-30H,9H2. The lowest BCUT2D eigenvalue weighted by Crippen LogP contribution is -2.43. The summed E-state index contributed by atoms with van der Waals surface area (Å²) in [6.45, 7) is -0.347. The molecule has 1 unspecified atom stereocenters. The number of benzene rings is 2. The van der Waals surface area contributed by atoms with Crippen molar-refractivity contribution < 1.29 is 49.5 Å². The molecular weight excluding hydrogens is 445 g/mol. The highest BCUT2D eigenvalue weighted by Crippen LogP contribution is 2.49. The van der Waals surface area contributed by atoms with Crippen LogP contribution < -0.4 is 5.48 Å². The van der Waals surface area contributed by atoms with Gasteiger partial charge >= 0.3 is 18.5 Å². The number of nitrogens with one attached hydrogen (secondary N) is 1. The van der Waals surface area contributed by atoms with Gasteiger partial charge in [0.15, 0.2) is 0 Å². The van der Waals surface area contributed by atoms with E-state index in [-0.39, 0.29) is 36.1 Å². The van der Waals surface area contributed by atoms with Gasteiger partial charge < -0.3 is 5.11 Å². The largest absolute Gasteiger partial charge is 0.428 e. The zero-order valence-electron chi connectivity index (χ0n) is 15.1. The van der Waals surface area contributed by atoms with Gasteiger partial charge in [-0.3, -0.25) is 10.3 Å². The number of alkyl halides is 9. The maximum absolute atomic E-state index is 14.0. The van der Waals surface area contributed by atoms with E-state index < -0.39 is 40.8 Å². The lowest BCUT2D eigenvalue weighted by atomic mass is 9.88. The summed E-state index contributed by atoms with van der Waals surface area (Å²) in [4.78, 5) is 4.60. The van der Waals surface area contributed by atoms with Crippen LogP contribution in [-0.2, 0) is 29.4 Å². The zero-order valence-corrected chi connectivity index (χ0v) is 15.1. The van der Waals surface area contributed by atoms with E-state index in [0.717, 1.165) is 0 Å². The summed E-state index contributed by atoms with van der Waals surface area (Å²) in [6.07, 6.45) is -15.7. The van der Waals surface area contributed by atoms with Crippen molar-refractivity contribution >= 4 is 5.70 Å². The van der Waals surface area contributed by atoms with Crippen molar-refractivity contribution in [2.45, 2.75) is 30.7 Å². The van der Waals surface area contributed by atoms with Crippen LogP contribution in [0.2, 0.25) is 0 Å². The van der Waals surface area contributed by atoms with Crippen LogP contribution in [0.3, 0.4) is 0 Å². The van der Waals surface area contributed by atoms with E-state index in [1.165, 1.54) is 24.3 Å². The van der Waals surface area contributed by atoms with Crippen molar-refractivity contribution in [3.63, 3.8) is 0 Å². The molecule has 168 valence electrons. The van der Waals surface area contributed by atoms with Crippen molar-refractivity contribution in [3.8, 4) is 0 Å². The summed E-state index contributed by atoms with van der Waals surface area (Å²) in [5.74, 6) is 0. The van der Waals surface area contributed by atoms with Crippen LogP contribution in [-0.4, -0.2) is 11.3 Å². The summed E-state index contributed by atoms with van der Waals surface area (Å²) in [6, 6.07) is 5.02. The van der Waals surface area contributed by atoms with Gasteiger partial charge in [-0.2, -0.15) is 39.5 Å². The number of hydroxylamine groups is 1. The third-order valence-electron chi connectivity index (χ3n) is 4.55. The van der Waals surface area contributed by atoms with E-state index in [1.54, 1.807) is 0 Å². The Labute approximate surface area is 168 Å². The maximum Gasteiger partial charge on any atom is 0.428 e. The lowest BCUT2D eigenvalue weighted by molar-refractivity contribution is -0.269. The Morgan fingerprint density at radius 2 is 1.32 bits per heavy atom. The SMILES string of the molecule is OCc1ccc(C2=CC(c3cc(C(F)(F)F)cc(C(F)(F)F)c3)(C(F)(F)F)ON2)cc1. The Kier molecular flexibility index (Phi) is 5.51. The minimum absolute atomic E-state index is 0.0291. The summed E-state index contributed by atoms with van der Waals surface area (Å²) in [5.41, 5.74) is -6.67. The molecule has 31 heavy (non-hydrogen) atoms. The van der Waals surface area contributed by atoms with E-state index in [0.29, 0.717) is 11.6 Å². The van der Waals surface area contributed by atoms with Crippen LogP contribution in [0.15, 0.2) is 48.5 Å². The second-order valence-electron chi connectivity index (χ2n) is 6.65. The number of aliphatic hydroxyl groups is 1. The molecule has 0 aliphatic carbocycles. The van der Waals surface area contributed by atoms with E-state index in [1.807, 2.05) is 5.48 Å². The summed E-state index contributed by atoms with van der Waals surface area (Å²) in [7, 11) is 0. The van der Waals surface area contributed by atoms with Gasteiger partial charge in [0.2, 0.25) is 5.60 Å². The molecule has 0 radical (unpaired) electrons. The molecule has 2 N–H and O–H groups in total. The average Bonchev–Trinajstić information content (AvgIpc) is 3.13. The van der Waals surface area contributed by atoms with Gasteiger partial charge in [-0.1, -0.05) is 24.3 Å². The van der Waals surface area contributed by atoms with Crippen molar-refractivity contribution in [2.24, 2.45) is 0 Å². The minimum atomic E-state index is -5.42. The molecule has 1 atom stereocenters. The summed E-state index contributed by atoms with van der Waals surface area (Å²) in [5, 5.41) is 9.03. The second-order valence-corrected chi connectivity index (χ2v) is 6.65. The second kappa shape index (κ2) is 7.45. The number of hydrogen-bond donors (Lipinski definition) is 2. The number of halogens is 9. The van der Waals surface area contributed by atoms with Gasteiger partial charge in [0.25, 0.3) is 0 Å². The molecule has 3 rings (SSSR count). The maximum atomic E-state index is 14.0. The number of rotatable bonds is 3. The first kappa shape index (κ1) is 22.9. The van der Waals surface area contributed by atoms with Crippen molar-refractivity contribution in [1.29, 1.82) is 0 Å². The van der Waals surface area contributed by atoms with Crippen LogP contribution in [0.4, 0.5) is 39.5 Å². The van der Waals surface area contributed by atoms with E-state index in [4.69, 9.17) is 5.11 Å². The highest BCUT2D eigenvalue weighted by molar-refractivity contribution is 5.67. The van der Waals surface area contributed by atoms with Gasteiger partial charge in [-0.05, 0) is 35.4 Å². The molecule has 1 heterocycles. The topological polar surface area (TPSA) is 41.5 Å². The van der Waals surface area contributed by atoms with Gasteiger partial charge in [0, 0.05) is 5.56 Å². The number of hydrogen-bond acceptors (Lipinski definition) is 3. The first-order valence-corrected chi connectivity index (χ1v) is 8.41. The van der Waals surface area contributed by atoms with Crippen molar-refractivity contribution in [3.05, 3.63) is 76.4 Å². The molecule has 2 aromatic rings. The molecule has 3 nitrogen and oxygen atoms in total. The molecule has 0 amide bonds. The third kappa shape index (κ3) is 4.35. The minimum Gasteiger partial charge on any atom is -0.392 e. The van der Waals surface area contributed by atoms with Gasteiger partial charge in [0.1, 0.15) is 0 Å². The monoisotopic (exact) mass is 457 g/mol. The van der Waals surface area contributed by atoms with Crippen molar-refractivity contribution in [1.82, 2.24) is 5.48 Å². The molecule has 1 aliphatic rings. The normalized spacial score (nSPS) is 19.9. The Morgan fingerprint density at radius 1 is 0.806 bits per heavy atom. The highest BCUT2D eigenvalue weighted by atomic mass is 19.4. The molecule has 0 aromatic heterocycles. The number of aliphatic hydroxyl groups excluding tert-OH is 1. The van der Waals surface area contributed by atoms with Gasteiger partial charge in [0.05, 0.1) is 23.4 Å². The molecule has 12 heteroatoms. The van der Waals surface area contributed by atoms with E-state index >= 15 is 0 Å². The third-order valence-corrected chi connectivity index (χ3v) is 4.55. The molecule has 2 aromatic carbocycles. The van der Waals surface area contributed by atoms with Crippen LogP contribution in [0.5, 0.6) is 0 Å². The van der Waals surface area contributed by atoms with E-state index in [2.05, 4.69) is 4.84 Å². The van der Waals surface area contributed by atoms with E-state index in [9.17, 15) is 39.5 Å². The predicted octanol–water partition coefficient (Wildman–Crippen LogP) is 5.55. The first-order valence-electron chi connectivity index (χ1n) is 8.41. The van der Waals surface area contributed by atoms with Crippen molar-refractivity contribution in [2.75, 3.05) is 0 Å². The fourth-order valence-corrected chi connectivity index (χ4v) is 2.94. The first-order chi connectivity index (χ1) is 14.2. The average molecular weight is 457 g/mol. The Balaban J connectivity index is 2.21. The summed E-state index contributed by atoms with van der Waals surface area (Å²) >= 11 is 0. The van der Waals surface area contributed by atoms with Crippen LogP contribution in [0.25, 0.3) is 5.70 Å². The smallest absolute Gasteiger partial charge is 0.392 e. The molecule has 0 fully saturated rings. The van der Waals surface area contributed by atoms with Crippen LogP contribution >= 0.6 is 0 Å². The zero-order chi connectivity index (χ0) is 23.2. The quantitative estimate of drug-likeness (QED) is 0.594. The molecule has 0 saturated carbocycles. The molecule has 0 saturated heterocycles. The Bertz CT molecular complexity index is 959. The molecule has 0 bridgehead atoms.